The highest BCUT2D eigenvalue weighted by atomic mass is 79.9. The Morgan fingerprint density at radius 1 is 1.07 bits per heavy atom. The lowest BCUT2D eigenvalue weighted by Crippen LogP contribution is -2.22. The van der Waals surface area contributed by atoms with Crippen LogP contribution in [0.3, 0.4) is 0 Å². The van der Waals surface area contributed by atoms with Gasteiger partial charge in [-0.3, -0.25) is 14.9 Å². The van der Waals surface area contributed by atoms with Crippen LogP contribution in [0.1, 0.15) is 48.1 Å². The third kappa shape index (κ3) is 6.68. The largest absolute Gasteiger partial charge is 0.450 e. The van der Waals surface area contributed by atoms with Crippen LogP contribution in [0.2, 0.25) is 0 Å². The van der Waals surface area contributed by atoms with E-state index in [1.165, 1.54) is 4.68 Å². The first kappa shape index (κ1) is 31.6. The summed E-state index contributed by atoms with van der Waals surface area (Å²) in [6, 6.07) is 16.0. The molecule has 2 aromatic heterocycles. The van der Waals surface area contributed by atoms with E-state index in [9.17, 15) is 28.1 Å². The average molecular weight is 682 g/mol. The summed E-state index contributed by atoms with van der Waals surface area (Å²) in [6.07, 6.45) is -0.715. The van der Waals surface area contributed by atoms with Gasteiger partial charge in [0, 0.05) is 39.6 Å². The van der Waals surface area contributed by atoms with E-state index in [1.807, 2.05) is 30.5 Å². The van der Waals surface area contributed by atoms with Crippen LogP contribution >= 0.6 is 15.9 Å². The number of ether oxygens (including phenoxy) is 1. The molecule has 0 bridgehead atoms. The van der Waals surface area contributed by atoms with Crippen LogP contribution in [-0.4, -0.2) is 25.4 Å². The van der Waals surface area contributed by atoms with Crippen molar-refractivity contribution in [1.82, 2.24) is 14.2 Å². The molecule has 0 N–H and O–H groups in total. The molecule has 0 unspecified atom stereocenters. The molecule has 0 fully saturated rings. The predicted octanol–water partition coefficient (Wildman–Crippen LogP) is 8.51. The Hall–Kier alpha value is -4.78. The second kappa shape index (κ2) is 12.7. The maximum Gasteiger partial charge on any atom is 0.416 e. The molecule has 3 aromatic carbocycles. The molecule has 0 spiro atoms. The number of aryl methyl sites for hydroxylation is 2. The Kier molecular flexibility index (Phi) is 8.91. The van der Waals surface area contributed by atoms with Crippen LogP contribution in [-0.2, 0) is 12.6 Å². The lowest BCUT2D eigenvalue weighted by Gasteiger charge is -2.12. The van der Waals surface area contributed by atoms with Crippen molar-refractivity contribution in [3.63, 3.8) is 0 Å². The number of unbranched alkanes of at least 4 members (excludes halogenated alkanes) is 1. The van der Waals surface area contributed by atoms with E-state index in [1.54, 1.807) is 42.6 Å². The minimum Gasteiger partial charge on any atom is -0.450 e. The minimum atomic E-state index is -4.72. The molecule has 0 aliphatic rings. The molecule has 0 saturated carbocycles. The molecule has 45 heavy (non-hydrogen) atoms. The maximum atomic E-state index is 13.4. The Bertz CT molecular complexity index is 2000. The van der Waals surface area contributed by atoms with E-state index in [-0.39, 0.29) is 17.1 Å². The first-order chi connectivity index (χ1) is 21.4. The van der Waals surface area contributed by atoms with Crippen molar-refractivity contribution in [2.75, 3.05) is 0 Å². The number of nitro groups is 1. The summed E-state index contributed by atoms with van der Waals surface area (Å²) in [7, 11) is 0. The number of hydrogen-bond donors (Lipinski definition) is 0. The van der Waals surface area contributed by atoms with Gasteiger partial charge in [-0.25, -0.2) is 4.98 Å². The molecule has 5 rings (SSSR count). The molecule has 5 aromatic rings. The fraction of sp³-hybridized carbons (Fsp3) is 0.219. The Balaban J connectivity index is 1.44. The number of nitro benzene ring substituents is 1. The number of alkyl halides is 3. The monoisotopic (exact) mass is 681 g/mol. The highest BCUT2D eigenvalue weighted by Gasteiger charge is 2.33. The van der Waals surface area contributed by atoms with Gasteiger partial charge in [0.05, 0.1) is 27.6 Å². The summed E-state index contributed by atoms with van der Waals surface area (Å²) in [4.78, 5) is 28.7. The zero-order valence-corrected chi connectivity index (χ0v) is 26.0. The number of nitrogens with zero attached hydrogens (tertiary/aromatic N) is 5. The van der Waals surface area contributed by atoms with E-state index >= 15 is 0 Å². The maximum absolute atomic E-state index is 13.4. The third-order valence-electron chi connectivity index (χ3n) is 7.22. The highest BCUT2D eigenvalue weighted by Crippen LogP contribution is 2.38. The predicted molar refractivity (Wildman–Crippen MR) is 169 cm³/mol. The van der Waals surface area contributed by atoms with Gasteiger partial charge in [0.25, 0.3) is 5.56 Å². The van der Waals surface area contributed by atoms with E-state index in [0.29, 0.717) is 29.2 Å². The number of halogens is 4. The fourth-order valence-electron chi connectivity index (χ4n) is 4.96. The highest BCUT2D eigenvalue weighted by molar-refractivity contribution is 9.10. The Labute approximate surface area is 263 Å². The molecule has 0 amide bonds. The molecule has 13 heteroatoms. The van der Waals surface area contributed by atoms with Crippen LogP contribution < -0.4 is 10.3 Å². The van der Waals surface area contributed by atoms with Crippen LogP contribution in [0.4, 0.5) is 18.9 Å². The number of fused-ring (bicyclic) bond motifs is 1. The topological polar surface area (TPSA) is 105 Å². The Morgan fingerprint density at radius 2 is 1.80 bits per heavy atom. The van der Waals surface area contributed by atoms with Crippen molar-refractivity contribution in [2.24, 2.45) is 5.10 Å². The van der Waals surface area contributed by atoms with E-state index in [4.69, 9.17) is 9.72 Å². The lowest BCUT2D eigenvalue weighted by atomic mass is 10.2. The van der Waals surface area contributed by atoms with E-state index in [0.717, 1.165) is 52.1 Å². The average Bonchev–Trinajstić information content (AvgIpc) is 3.28. The second-order valence-corrected chi connectivity index (χ2v) is 11.3. The molecule has 9 nitrogen and oxygen atoms in total. The molecule has 0 atom stereocenters. The van der Waals surface area contributed by atoms with Crippen LogP contribution in [0.5, 0.6) is 11.5 Å². The molecular formula is C32H27BrF3N5O4. The van der Waals surface area contributed by atoms with Crippen LogP contribution in [0.25, 0.3) is 16.6 Å². The van der Waals surface area contributed by atoms with E-state index < -0.39 is 22.4 Å². The van der Waals surface area contributed by atoms with Gasteiger partial charge in [0.2, 0.25) is 5.75 Å². The van der Waals surface area contributed by atoms with Gasteiger partial charge in [-0.15, -0.1) is 0 Å². The fourth-order valence-corrected chi connectivity index (χ4v) is 5.32. The molecule has 0 aliphatic heterocycles. The number of benzene rings is 3. The SMILES string of the molecule is CCCCc1nc2ccc(Br)cc2c(=O)n1N=Cc1cc(C)n(-c2ccc(Oc3ccc(C(F)(F)F)cc3[N+](=O)[O-])cc2)c1C. The number of rotatable bonds is 9. The van der Waals surface area contributed by atoms with Gasteiger partial charge in [-0.1, -0.05) is 29.3 Å². The van der Waals surface area contributed by atoms with Crippen molar-refractivity contribution in [1.29, 1.82) is 0 Å². The molecular weight excluding hydrogens is 655 g/mol. The van der Waals surface area contributed by atoms with Gasteiger partial charge in [0.1, 0.15) is 11.6 Å². The quantitative estimate of drug-likeness (QED) is 0.0881. The van der Waals surface area contributed by atoms with Crippen LogP contribution in [0.15, 0.2) is 81.1 Å². The molecule has 232 valence electrons. The van der Waals surface area contributed by atoms with Gasteiger partial charge in [-0.05, 0) is 80.9 Å². The third-order valence-corrected chi connectivity index (χ3v) is 7.71. The summed E-state index contributed by atoms with van der Waals surface area (Å²) >= 11 is 3.42. The van der Waals surface area contributed by atoms with Crippen molar-refractivity contribution < 1.29 is 22.8 Å². The summed E-state index contributed by atoms with van der Waals surface area (Å²) < 4.78 is 48.8. The van der Waals surface area contributed by atoms with Gasteiger partial charge in [0.15, 0.2) is 0 Å². The molecule has 0 saturated heterocycles. The summed E-state index contributed by atoms with van der Waals surface area (Å²) in [5.74, 6) is 0.475. The molecule has 0 radical (unpaired) electrons. The number of aromatic nitrogens is 3. The molecule has 2 heterocycles. The zero-order chi connectivity index (χ0) is 32.5. The van der Waals surface area contributed by atoms with Crippen molar-refractivity contribution in [3.05, 3.63) is 120 Å². The van der Waals surface area contributed by atoms with Crippen LogP contribution in [0, 0.1) is 24.0 Å². The zero-order valence-electron chi connectivity index (χ0n) is 24.4. The smallest absolute Gasteiger partial charge is 0.416 e. The number of hydrogen-bond acceptors (Lipinski definition) is 6. The summed E-state index contributed by atoms with van der Waals surface area (Å²) in [5, 5.41) is 16.4. The van der Waals surface area contributed by atoms with Gasteiger partial charge >= 0.3 is 11.9 Å². The standard InChI is InChI=1S/C32H27BrF3N5O4/c1-4-5-6-30-38-27-13-8-23(33)17-26(27)31(42)40(30)37-18-21-15-19(2)39(20(21)3)24-9-11-25(12-10-24)45-29-14-7-22(32(34,35)36)16-28(29)41(43)44/h7-18H,4-6H2,1-3H3. The Morgan fingerprint density at radius 3 is 2.47 bits per heavy atom. The first-order valence-corrected chi connectivity index (χ1v) is 14.7. The summed E-state index contributed by atoms with van der Waals surface area (Å²) in [6.45, 7) is 5.88. The van der Waals surface area contributed by atoms with Crippen molar-refractivity contribution in [2.45, 2.75) is 46.2 Å². The minimum absolute atomic E-state index is 0.209. The van der Waals surface area contributed by atoms with Crippen molar-refractivity contribution >= 4 is 38.7 Å². The van der Waals surface area contributed by atoms with Crippen molar-refractivity contribution in [3.8, 4) is 17.2 Å². The lowest BCUT2D eigenvalue weighted by molar-refractivity contribution is -0.385. The second-order valence-electron chi connectivity index (χ2n) is 10.3. The van der Waals surface area contributed by atoms with Gasteiger partial charge < -0.3 is 9.30 Å². The van der Waals surface area contributed by atoms with Gasteiger partial charge in [-0.2, -0.15) is 22.9 Å². The summed E-state index contributed by atoms with van der Waals surface area (Å²) in [5.41, 5.74) is 1.65. The molecule has 0 aliphatic carbocycles. The van der Waals surface area contributed by atoms with E-state index in [2.05, 4.69) is 28.0 Å². The normalized spacial score (nSPS) is 11.9. The first-order valence-electron chi connectivity index (χ1n) is 14.0.